The molecule has 1 aliphatic carbocycles. The molecule has 0 aromatic heterocycles. The van der Waals surface area contributed by atoms with Crippen LogP contribution in [-0.4, -0.2) is 47.0 Å². The minimum atomic E-state index is -0.609. The second-order valence-electron chi connectivity index (χ2n) is 6.25. The highest BCUT2D eigenvalue weighted by Crippen LogP contribution is 2.28. The summed E-state index contributed by atoms with van der Waals surface area (Å²) in [6, 6.07) is -0.453. The molecule has 1 fully saturated rings. The van der Waals surface area contributed by atoms with Crippen molar-refractivity contribution < 1.29 is 18.3 Å². The summed E-state index contributed by atoms with van der Waals surface area (Å²) >= 11 is 0.249. The van der Waals surface area contributed by atoms with Gasteiger partial charge in [-0.1, -0.05) is 18.2 Å². The molecule has 0 saturated carbocycles. The molecular formula is C16H24FN3O3S. The van der Waals surface area contributed by atoms with E-state index in [-0.39, 0.29) is 30.4 Å². The lowest BCUT2D eigenvalue weighted by atomic mass is 10.0. The monoisotopic (exact) mass is 357 g/mol. The van der Waals surface area contributed by atoms with Gasteiger partial charge in [0.05, 0.1) is 29.9 Å². The van der Waals surface area contributed by atoms with Gasteiger partial charge < -0.3 is 16.0 Å². The number of nitrogens with two attached hydrogens (primary N) is 1. The lowest BCUT2D eigenvalue weighted by molar-refractivity contribution is -0.146. The Hall–Kier alpha value is -1.83. The Balaban J connectivity index is 0.000000891. The zero-order valence-electron chi connectivity index (χ0n) is 14.0. The maximum Gasteiger partial charge on any atom is 0.247 e. The van der Waals surface area contributed by atoms with E-state index in [1.54, 1.807) is 18.7 Å². The molecule has 6 nitrogen and oxygen atoms in total. The largest absolute Gasteiger partial charge is 0.372 e. The second-order valence-corrected chi connectivity index (χ2v) is 7.51. The van der Waals surface area contributed by atoms with E-state index >= 15 is 0 Å². The Morgan fingerprint density at radius 2 is 2.21 bits per heavy atom. The molecule has 3 N–H and O–H groups in total. The summed E-state index contributed by atoms with van der Waals surface area (Å²) in [4.78, 5) is 34.0. The fourth-order valence-electron chi connectivity index (χ4n) is 2.46. The first-order valence-corrected chi connectivity index (χ1v) is 8.43. The molecule has 0 spiro atoms. The zero-order valence-corrected chi connectivity index (χ0v) is 14.8. The van der Waals surface area contributed by atoms with Crippen molar-refractivity contribution in [2.75, 3.05) is 13.1 Å². The van der Waals surface area contributed by atoms with Gasteiger partial charge in [0.2, 0.25) is 18.2 Å². The molecule has 134 valence electrons. The molecule has 2 rings (SSSR count). The van der Waals surface area contributed by atoms with E-state index in [1.807, 2.05) is 6.08 Å². The normalized spacial score (nSPS) is 19.6. The molecule has 1 atom stereocenters. The SMILES string of the molecule is CC(C)(CN1CC(NC(=O)CC2=CCCC=C2)C1=O)SF.NC=O. The lowest BCUT2D eigenvalue weighted by Gasteiger charge is -2.41. The van der Waals surface area contributed by atoms with Crippen LogP contribution in [0.25, 0.3) is 0 Å². The van der Waals surface area contributed by atoms with Crippen molar-refractivity contribution in [3.63, 3.8) is 0 Å². The Bertz CT molecular complexity index is 535. The Kier molecular flexibility index (Phi) is 7.97. The van der Waals surface area contributed by atoms with Crippen LogP contribution < -0.4 is 11.1 Å². The van der Waals surface area contributed by atoms with Gasteiger partial charge in [0.15, 0.2) is 0 Å². The third kappa shape index (κ3) is 6.35. The molecule has 24 heavy (non-hydrogen) atoms. The number of nitrogens with one attached hydrogen (secondary N) is 1. The van der Waals surface area contributed by atoms with Gasteiger partial charge in [0, 0.05) is 6.54 Å². The smallest absolute Gasteiger partial charge is 0.247 e. The average Bonchev–Trinajstić information content (AvgIpc) is 2.55. The van der Waals surface area contributed by atoms with Gasteiger partial charge in [-0.2, -0.15) is 3.89 Å². The third-order valence-corrected chi connectivity index (χ3v) is 4.11. The number of β-lactam (4-membered cyclic amide) rings is 1. The fraction of sp³-hybridized carbons (Fsp3) is 0.562. The predicted molar refractivity (Wildman–Crippen MR) is 92.6 cm³/mol. The van der Waals surface area contributed by atoms with Gasteiger partial charge in [0.25, 0.3) is 0 Å². The van der Waals surface area contributed by atoms with Gasteiger partial charge in [-0.25, -0.2) is 0 Å². The molecule has 1 saturated heterocycles. The molecule has 0 aromatic rings. The maximum atomic E-state index is 12.7. The van der Waals surface area contributed by atoms with Crippen LogP contribution >= 0.6 is 12.1 Å². The van der Waals surface area contributed by atoms with Gasteiger partial charge in [0.1, 0.15) is 6.04 Å². The summed E-state index contributed by atoms with van der Waals surface area (Å²) < 4.78 is 12.1. The molecule has 1 aliphatic heterocycles. The van der Waals surface area contributed by atoms with E-state index in [9.17, 15) is 13.5 Å². The number of rotatable bonds is 6. The predicted octanol–water partition coefficient (Wildman–Crippen LogP) is 1.48. The minimum Gasteiger partial charge on any atom is -0.372 e. The van der Waals surface area contributed by atoms with E-state index in [1.165, 1.54) is 0 Å². The van der Waals surface area contributed by atoms with Crippen LogP contribution in [-0.2, 0) is 14.4 Å². The van der Waals surface area contributed by atoms with Crippen LogP contribution in [0, 0.1) is 0 Å². The highest BCUT2D eigenvalue weighted by Gasteiger charge is 2.40. The van der Waals surface area contributed by atoms with E-state index in [0.29, 0.717) is 19.5 Å². The number of carbonyl (C=O) groups is 3. The van der Waals surface area contributed by atoms with Crippen molar-refractivity contribution >= 4 is 30.4 Å². The molecule has 2 aliphatic rings. The summed E-state index contributed by atoms with van der Waals surface area (Å²) in [6.07, 6.45) is 8.60. The Morgan fingerprint density at radius 3 is 2.71 bits per heavy atom. The van der Waals surface area contributed by atoms with Crippen LogP contribution in [0.1, 0.15) is 33.1 Å². The maximum absolute atomic E-state index is 12.7. The summed E-state index contributed by atoms with van der Waals surface area (Å²) in [7, 11) is 0. The molecule has 0 bridgehead atoms. The van der Waals surface area contributed by atoms with Crippen molar-refractivity contribution in [2.24, 2.45) is 5.73 Å². The molecule has 8 heteroatoms. The standard InChI is InChI=1S/C15H21FN2O2S.CH3NO/c1-15(2,21-16)10-18-9-12(14(18)20)17-13(19)8-11-6-4-3-5-7-11;2-1-3/h4,6-7,12H,3,5,8-10H2,1-2H3,(H,17,19);1H,(H2,2,3). The topological polar surface area (TPSA) is 92.5 Å². The number of hydrogen-bond acceptors (Lipinski definition) is 4. The van der Waals surface area contributed by atoms with Crippen molar-refractivity contribution in [2.45, 2.75) is 43.9 Å². The number of hydrogen-bond donors (Lipinski definition) is 2. The van der Waals surface area contributed by atoms with E-state index in [4.69, 9.17) is 4.79 Å². The first kappa shape index (κ1) is 20.2. The minimum absolute atomic E-state index is 0.126. The van der Waals surface area contributed by atoms with Crippen LogP contribution in [0.3, 0.4) is 0 Å². The van der Waals surface area contributed by atoms with E-state index in [2.05, 4.69) is 23.2 Å². The van der Waals surface area contributed by atoms with Gasteiger partial charge in [-0.15, -0.1) is 0 Å². The number of likely N-dealkylation sites (tertiary alicyclic amines) is 1. The number of halogens is 1. The number of nitrogens with zero attached hydrogens (tertiary/aromatic N) is 1. The first-order chi connectivity index (χ1) is 11.3. The lowest BCUT2D eigenvalue weighted by Crippen LogP contribution is -2.65. The van der Waals surface area contributed by atoms with Crippen LogP contribution in [0.4, 0.5) is 3.89 Å². The molecule has 1 unspecified atom stereocenters. The molecule has 0 aromatic carbocycles. The van der Waals surface area contributed by atoms with E-state index < -0.39 is 10.8 Å². The van der Waals surface area contributed by atoms with Gasteiger partial charge in [-0.3, -0.25) is 14.4 Å². The number of allylic oxidation sites excluding steroid dienone is 3. The fourth-order valence-corrected chi connectivity index (χ4v) is 2.66. The highest BCUT2D eigenvalue weighted by atomic mass is 32.2. The molecule has 0 radical (unpaired) electrons. The number of carbonyl (C=O) groups excluding carboxylic acids is 3. The molecule has 3 amide bonds. The molecular weight excluding hydrogens is 333 g/mol. The number of amides is 3. The van der Waals surface area contributed by atoms with Crippen molar-refractivity contribution in [3.05, 3.63) is 23.8 Å². The quantitative estimate of drug-likeness (QED) is 0.556. The van der Waals surface area contributed by atoms with Crippen molar-refractivity contribution in [1.82, 2.24) is 10.2 Å². The summed E-state index contributed by atoms with van der Waals surface area (Å²) in [6.45, 7) is 4.31. The van der Waals surface area contributed by atoms with Gasteiger partial charge in [-0.05, 0) is 32.3 Å². The van der Waals surface area contributed by atoms with Crippen LogP contribution in [0.5, 0.6) is 0 Å². The zero-order chi connectivity index (χ0) is 18.2. The summed E-state index contributed by atoms with van der Waals surface area (Å²) in [5, 5.41) is 2.74. The Morgan fingerprint density at radius 1 is 1.54 bits per heavy atom. The van der Waals surface area contributed by atoms with Crippen LogP contribution in [0.2, 0.25) is 0 Å². The first-order valence-electron chi connectivity index (χ1n) is 7.72. The van der Waals surface area contributed by atoms with Crippen molar-refractivity contribution in [3.8, 4) is 0 Å². The second kappa shape index (κ2) is 9.46. The van der Waals surface area contributed by atoms with Crippen LogP contribution in [0.15, 0.2) is 23.8 Å². The molecule has 1 heterocycles. The summed E-state index contributed by atoms with van der Waals surface area (Å²) in [5.41, 5.74) is 5.16. The summed E-state index contributed by atoms with van der Waals surface area (Å²) in [5.74, 6) is -0.261. The van der Waals surface area contributed by atoms with Crippen molar-refractivity contribution in [1.29, 1.82) is 0 Å². The number of primary amides is 1. The Labute approximate surface area is 146 Å². The third-order valence-electron chi connectivity index (χ3n) is 3.56. The average molecular weight is 357 g/mol. The van der Waals surface area contributed by atoms with Gasteiger partial charge >= 0.3 is 0 Å². The highest BCUT2D eigenvalue weighted by molar-refractivity contribution is 7.95. The van der Waals surface area contributed by atoms with E-state index in [0.717, 1.165) is 18.4 Å².